The van der Waals surface area contributed by atoms with Gasteiger partial charge in [-0.05, 0) is 159 Å². The number of rotatable bonds is 2. The van der Waals surface area contributed by atoms with Gasteiger partial charge in [-0.1, -0.05) is 110 Å². The summed E-state index contributed by atoms with van der Waals surface area (Å²) in [7, 11) is 0. The van der Waals surface area contributed by atoms with Crippen LogP contribution in [0.4, 0.5) is 34.1 Å². The van der Waals surface area contributed by atoms with Crippen LogP contribution in [0, 0.1) is 20.8 Å². The second-order valence-electron chi connectivity index (χ2n) is 20.9. The molecule has 0 amide bonds. The van der Waals surface area contributed by atoms with Crippen molar-refractivity contribution in [3.63, 3.8) is 0 Å². The maximum Gasteiger partial charge on any atom is 0.252 e. The van der Waals surface area contributed by atoms with E-state index in [9.17, 15) is 0 Å². The van der Waals surface area contributed by atoms with Crippen LogP contribution < -0.4 is 26.2 Å². The molecule has 2 aliphatic carbocycles. The van der Waals surface area contributed by atoms with Gasteiger partial charge < -0.3 is 14.2 Å². The zero-order valence-corrected chi connectivity index (χ0v) is 36.2. The Labute approximate surface area is 345 Å². The molecule has 290 valence electrons. The van der Waals surface area contributed by atoms with E-state index in [4.69, 9.17) is 4.42 Å². The molecule has 3 nitrogen and oxygen atoms in total. The van der Waals surface area contributed by atoms with Crippen LogP contribution >= 0.6 is 0 Å². The van der Waals surface area contributed by atoms with Crippen LogP contribution in [0.5, 0.6) is 0 Å². The van der Waals surface area contributed by atoms with Crippen molar-refractivity contribution in [1.29, 1.82) is 0 Å². The Bertz CT molecular complexity index is 2940. The van der Waals surface area contributed by atoms with E-state index in [2.05, 4.69) is 183 Å². The number of anilines is 6. The van der Waals surface area contributed by atoms with Crippen LogP contribution in [0.2, 0.25) is 0 Å². The van der Waals surface area contributed by atoms with Crippen molar-refractivity contribution in [2.24, 2.45) is 0 Å². The standard InChI is InChI=1S/C54H55BN2O/c1-31-24-44-49-45(25-31)57(41-18-14-12-16-32(41)2)50-39(20-21-47-48(50)34-17-13-15-19-46(34)58-47)55(49)40-27-36-38(54(10,11)30-53(36,8)9)29-43(40)56(44)42-28-37-35(26-33(42)3)51(4,5)22-23-52(37,6)7/h12-21,24-29H,22-23,30H2,1-11H3. The van der Waals surface area contributed by atoms with E-state index in [1.807, 2.05) is 0 Å². The smallest absolute Gasteiger partial charge is 0.252 e. The molecule has 0 unspecified atom stereocenters. The summed E-state index contributed by atoms with van der Waals surface area (Å²) in [5.41, 5.74) is 23.8. The molecular formula is C54H55BN2O. The molecular weight excluding hydrogens is 703 g/mol. The van der Waals surface area contributed by atoms with E-state index >= 15 is 0 Å². The molecule has 58 heavy (non-hydrogen) atoms. The van der Waals surface area contributed by atoms with Crippen molar-refractivity contribution in [2.75, 3.05) is 9.80 Å². The number of fused-ring (bicyclic) bond motifs is 10. The molecule has 2 aliphatic heterocycles. The summed E-state index contributed by atoms with van der Waals surface area (Å²) in [5.74, 6) is 0. The van der Waals surface area contributed by atoms with Gasteiger partial charge in [-0.15, -0.1) is 0 Å². The molecule has 4 aliphatic rings. The minimum absolute atomic E-state index is 0.0308. The first kappa shape index (κ1) is 35.9. The van der Waals surface area contributed by atoms with Gasteiger partial charge in [-0.25, -0.2) is 0 Å². The monoisotopic (exact) mass is 758 g/mol. The lowest BCUT2D eigenvalue weighted by molar-refractivity contribution is 0.332. The van der Waals surface area contributed by atoms with Crippen molar-refractivity contribution in [2.45, 2.75) is 117 Å². The second-order valence-corrected chi connectivity index (χ2v) is 20.9. The SMILES string of the molecule is Cc1cc2c3c(c1)N(c1ccccc1C)c1c(ccc4oc5ccccc5c14)B3c1cc3c(cc1N2c1cc2c(cc1C)C(C)(C)CCC2(C)C)C(C)(C)CC3(C)C. The first-order valence-corrected chi connectivity index (χ1v) is 21.6. The normalized spacial score (nSPS) is 18.8. The summed E-state index contributed by atoms with van der Waals surface area (Å²) < 4.78 is 6.66. The average Bonchev–Trinajstić information content (AvgIpc) is 3.63. The average molecular weight is 759 g/mol. The highest BCUT2D eigenvalue weighted by Gasteiger charge is 2.49. The van der Waals surface area contributed by atoms with Crippen LogP contribution in [0.1, 0.15) is 114 Å². The molecule has 0 saturated carbocycles. The molecule has 7 aromatic rings. The Balaban J connectivity index is 1.30. The lowest BCUT2D eigenvalue weighted by Crippen LogP contribution is -2.61. The summed E-state index contributed by atoms with van der Waals surface area (Å²) in [4.78, 5) is 5.28. The fourth-order valence-electron chi connectivity index (χ4n) is 12.2. The van der Waals surface area contributed by atoms with Gasteiger partial charge in [-0.2, -0.15) is 0 Å². The van der Waals surface area contributed by atoms with E-state index in [1.165, 1.54) is 108 Å². The lowest BCUT2D eigenvalue weighted by atomic mass is 9.33. The third-order valence-electron chi connectivity index (χ3n) is 15.0. The fourth-order valence-corrected chi connectivity index (χ4v) is 12.2. The zero-order chi connectivity index (χ0) is 40.4. The van der Waals surface area contributed by atoms with Crippen LogP contribution in [-0.4, -0.2) is 6.71 Å². The molecule has 6 aromatic carbocycles. The number of furan rings is 1. The minimum Gasteiger partial charge on any atom is -0.456 e. The number of aryl methyl sites for hydroxylation is 3. The molecule has 3 heterocycles. The summed E-state index contributed by atoms with van der Waals surface area (Å²) >= 11 is 0. The van der Waals surface area contributed by atoms with Crippen LogP contribution in [0.15, 0.2) is 101 Å². The largest absolute Gasteiger partial charge is 0.456 e. The highest BCUT2D eigenvalue weighted by molar-refractivity contribution is 7.00. The third kappa shape index (κ3) is 4.75. The van der Waals surface area contributed by atoms with Crippen molar-refractivity contribution < 1.29 is 4.42 Å². The molecule has 11 rings (SSSR count). The first-order chi connectivity index (χ1) is 27.5. The Morgan fingerprint density at radius 2 is 1.10 bits per heavy atom. The Kier molecular flexibility index (Phi) is 7.12. The van der Waals surface area contributed by atoms with Gasteiger partial charge in [0, 0.05) is 33.8 Å². The highest BCUT2D eigenvalue weighted by Crippen LogP contribution is 2.55. The molecule has 0 radical (unpaired) electrons. The molecule has 0 N–H and O–H groups in total. The predicted molar refractivity (Wildman–Crippen MR) is 248 cm³/mol. The summed E-state index contributed by atoms with van der Waals surface area (Å²) in [6, 6.07) is 37.5. The summed E-state index contributed by atoms with van der Waals surface area (Å²) in [6.45, 7) is 26.6. The van der Waals surface area contributed by atoms with Crippen LogP contribution in [0.25, 0.3) is 21.9 Å². The highest BCUT2D eigenvalue weighted by atomic mass is 16.3. The van der Waals surface area contributed by atoms with Gasteiger partial charge in [0.05, 0.1) is 11.1 Å². The maximum absolute atomic E-state index is 6.66. The van der Waals surface area contributed by atoms with E-state index in [-0.39, 0.29) is 28.4 Å². The number of hydrogen-bond donors (Lipinski definition) is 0. The second kappa shape index (κ2) is 11.5. The van der Waals surface area contributed by atoms with E-state index in [1.54, 1.807) is 0 Å². The van der Waals surface area contributed by atoms with Crippen molar-refractivity contribution in [3.8, 4) is 0 Å². The van der Waals surface area contributed by atoms with Gasteiger partial charge >= 0.3 is 0 Å². The minimum atomic E-state index is 0.0308. The quantitative estimate of drug-likeness (QED) is 0.164. The Hall–Kier alpha value is -5.22. The lowest BCUT2D eigenvalue weighted by Gasteiger charge is -2.46. The fraction of sp³-hybridized carbons (Fsp3) is 0.333. The van der Waals surface area contributed by atoms with Crippen molar-refractivity contribution >= 4 is 79.2 Å². The van der Waals surface area contributed by atoms with E-state index in [0.717, 1.165) is 23.0 Å². The number of nitrogens with zero attached hydrogens (tertiary/aromatic N) is 2. The topological polar surface area (TPSA) is 19.6 Å². The van der Waals surface area contributed by atoms with Gasteiger partial charge in [-0.3, -0.25) is 0 Å². The van der Waals surface area contributed by atoms with Gasteiger partial charge in [0.25, 0.3) is 6.71 Å². The Morgan fingerprint density at radius 3 is 1.83 bits per heavy atom. The van der Waals surface area contributed by atoms with Gasteiger partial charge in [0.1, 0.15) is 11.2 Å². The Morgan fingerprint density at radius 1 is 0.500 bits per heavy atom. The zero-order valence-electron chi connectivity index (χ0n) is 36.2. The molecule has 0 atom stereocenters. The van der Waals surface area contributed by atoms with Crippen LogP contribution in [-0.2, 0) is 21.7 Å². The van der Waals surface area contributed by atoms with Gasteiger partial charge in [0.15, 0.2) is 0 Å². The van der Waals surface area contributed by atoms with Gasteiger partial charge in [0.2, 0.25) is 0 Å². The third-order valence-corrected chi connectivity index (χ3v) is 15.0. The van der Waals surface area contributed by atoms with Crippen molar-refractivity contribution in [1.82, 2.24) is 0 Å². The number of benzene rings is 6. The summed E-state index contributed by atoms with van der Waals surface area (Å²) in [6.07, 6.45) is 3.51. The first-order valence-electron chi connectivity index (χ1n) is 21.6. The molecule has 4 heteroatoms. The van der Waals surface area contributed by atoms with E-state index < -0.39 is 0 Å². The predicted octanol–water partition coefficient (Wildman–Crippen LogP) is 12.9. The molecule has 0 spiro atoms. The molecule has 0 fully saturated rings. The molecule has 0 saturated heterocycles. The number of para-hydroxylation sites is 2. The van der Waals surface area contributed by atoms with E-state index in [0.29, 0.717) is 0 Å². The molecule has 1 aromatic heterocycles. The van der Waals surface area contributed by atoms with Crippen molar-refractivity contribution in [3.05, 3.63) is 136 Å². The number of hydrogen-bond acceptors (Lipinski definition) is 3. The van der Waals surface area contributed by atoms with Crippen LogP contribution in [0.3, 0.4) is 0 Å². The summed E-state index contributed by atoms with van der Waals surface area (Å²) in [5, 5.41) is 2.35. The maximum atomic E-state index is 6.66. The molecule has 0 bridgehead atoms.